The molecule has 0 amide bonds. The maximum absolute atomic E-state index is 17.8. The zero-order chi connectivity index (χ0) is 61.7. The van der Waals surface area contributed by atoms with Crippen LogP contribution in [0.25, 0.3) is 0 Å². The topological polar surface area (TPSA) is 264 Å². The van der Waals surface area contributed by atoms with Crippen molar-refractivity contribution in [3.63, 3.8) is 0 Å². The third kappa shape index (κ3) is 13.9. The van der Waals surface area contributed by atoms with Gasteiger partial charge in [0.25, 0.3) is 0 Å². The Hall–Kier alpha value is -6.97. The van der Waals surface area contributed by atoms with E-state index >= 15 is 4.57 Å². The van der Waals surface area contributed by atoms with Gasteiger partial charge in [-0.2, -0.15) is 15.8 Å². The van der Waals surface area contributed by atoms with Gasteiger partial charge in [0, 0.05) is 52.2 Å². The molecule has 0 aliphatic heterocycles. The van der Waals surface area contributed by atoms with Gasteiger partial charge < -0.3 is 14.7 Å². The smallest absolute Gasteiger partial charge is 0.312 e. The fourth-order valence-electron chi connectivity index (χ4n) is 10.6. The maximum Gasteiger partial charge on any atom is 0.481 e. The van der Waals surface area contributed by atoms with Crippen LogP contribution >= 0.6 is 7.82 Å². The molecule has 19 nitrogen and oxygen atoms in total. The number of nitriles is 3. The third-order valence-electron chi connectivity index (χ3n) is 16.1. The lowest BCUT2D eigenvalue weighted by atomic mass is 10.0. The summed E-state index contributed by atoms with van der Waals surface area (Å²) in [5.74, 6) is 0. The van der Waals surface area contributed by atoms with Crippen LogP contribution in [0.1, 0.15) is 135 Å². The van der Waals surface area contributed by atoms with E-state index in [1.165, 1.54) is 36.4 Å². The average molecular weight is 1240 g/mol. The van der Waals surface area contributed by atoms with E-state index in [0.29, 0.717) is 50.8 Å². The van der Waals surface area contributed by atoms with Crippen LogP contribution in [-0.4, -0.2) is 60.6 Å². The summed E-state index contributed by atoms with van der Waals surface area (Å²) in [4.78, 5) is 5.44. The van der Waals surface area contributed by atoms with Crippen molar-refractivity contribution >= 4 is 72.0 Å². The van der Waals surface area contributed by atoms with Crippen LogP contribution in [0.15, 0.2) is 160 Å². The van der Waals surface area contributed by atoms with Crippen molar-refractivity contribution in [1.29, 1.82) is 15.8 Å². The van der Waals surface area contributed by atoms with Crippen LogP contribution in [0.5, 0.6) is 0 Å². The summed E-state index contributed by atoms with van der Waals surface area (Å²) in [5, 5.41) is 30.0. The van der Waals surface area contributed by atoms with E-state index in [1.807, 2.05) is 41.5 Å². The van der Waals surface area contributed by atoms with Crippen molar-refractivity contribution in [3.05, 3.63) is 162 Å². The largest absolute Gasteiger partial charge is 0.481 e. The highest BCUT2D eigenvalue weighted by Gasteiger charge is 2.55. The molecule has 452 valence electrons. The van der Waals surface area contributed by atoms with E-state index in [0.717, 1.165) is 38.5 Å². The fourth-order valence-corrected chi connectivity index (χ4v) is 16.9. The molecule has 0 spiro atoms. The molecule has 23 heteroatoms. The number of sulfonamides is 3. The second-order valence-electron chi connectivity index (χ2n) is 21.8. The van der Waals surface area contributed by atoms with E-state index < -0.39 is 55.1 Å². The Morgan fingerprint density at radius 2 is 0.570 bits per heavy atom. The van der Waals surface area contributed by atoms with Gasteiger partial charge in [0.05, 0.1) is 49.6 Å². The molecule has 0 atom stereocenters. The number of nitrogens with zero attached hydrogens (tertiary/aromatic N) is 6. The van der Waals surface area contributed by atoms with E-state index in [-0.39, 0.29) is 71.3 Å². The Morgan fingerprint density at radius 1 is 0.384 bits per heavy atom. The standard InChI is InChI=1S/C63H72N9O10PS3/c1-7-61(8-2,70(52-25-13-46(43-64)14-26-52)55-31-37-58(38-32-55)84(74,75)67-49-19-20-49)80-83(73,81-62(9-3,10-4)71(53-27-15-47(44-65)16-28-53)56-33-39-59(40-34-56)85(76,77)68-50-21-22-50)82-63(11-5,12-6)72(54-29-17-48(45-66)18-30-54)57-35-41-60(42-36-57)86(78,79)69-51-23-24-51/h13-18,25-42,49-51,67-69H,7-12,19-24H2,1-6H3. The predicted molar refractivity (Wildman–Crippen MR) is 330 cm³/mol. The van der Waals surface area contributed by atoms with Crippen molar-refractivity contribution in [2.75, 3.05) is 14.7 Å². The van der Waals surface area contributed by atoms with Gasteiger partial charge in [-0.1, -0.05) is 41.5 Å². The highest BCUT2D eigenvalue weighted by Crippen LogP contribution is 2.64. The van der Waals surface area contributed by atoms with Crippen molar-refractivity contribution in [1.82, 2.24) is 14.2 Å². The summed E-state index contributed by atoms with van der Waals surface area (Å²) in [6, 6.07) is 44.8. The van der Waals surface area contributed by atoms with Gasteiger partial charge in [0.2, 0.25) is 30.1 Å². The molecule has 0 radical (unpaired) electrons. The minimum absolute atomic E-state index is 0.0246. The average Bonchev–Trinajstić information content (AvgIpc) is 1.39. The zero-order valence-electron chi connectivity index (χ0n) is 49.0. The lowest BCUT2D eigenvalue weighted by Crippen LogP contribution is -2.53. The van der Waals surface area contributed by atoms with Gasteiger partial charge in [-0.3, -0.25) is 13.6 Å². The summed E-state index contributed by atoms with van der Waals surface area (Å²) in [6.07, 6.45) is 4.86. The Labute approximate surface area is 506 Å². The van der Waals surface area contributed by atoms with Crippen molar-refractivity contribution in [3.8, 4) is 18.2 Å². The van der Waals surface area contributed by atoms with Crippen molar-refractivity contribution in [2.45, 2.75) is 169 Å². The van der Waals surface area contributed by atoms with Crippen molar-refractivity contribution < 1.29 is 43.4 Å². The first-order valence-electron chi connectivity index (χ1n) is 29.1. The minimum atomic E-state index is -5.35. The number of phosphoric ester groups is 1. The Balaban J connectivity index is 1.27. The molecule has 86 heavy (non-hydrogen) atoms. The van der Waals surface area contributed by atoms with Gasteiger partial charge in [-0.15, -0.1) is 0 Å². The molecule has 0 aromatic heterocycles. The first-order valence-corrected chi connectivity index (χ1v) is 35.0. The quantitative estimate of drug-likeness (QED) is 0.0279. The lowest BCUT2D eigenvalue weighted by molar-refractivity contribution is -0.0698. The summed E-state index contributed by atoms with van der Waals surface area (Å²) >= 11 is 0. The van der Waals surface area contributed by atoms with Gasteiger partial charge in [-0.05, 0) is 223 Å². The van der Waals surface area contributed by atoms with E-state index in [2.05, 4.69) is 32.4 Å². The molecular formula is C63H72N9O10PS3. The van der Waals surface area contributed by atoms with Gasteiger partial charge >= 0.3 is 7.82 Å². The molecular weight excluding hydrogens is 1170 g/mol. The second kappa shape index (κ2) is 25.8. The van der Waals surface area contributed by atoms with E-state index in [4.69, 9.17) is 13.6 Å². The molecule has 6 aromatic rings. The number of hydrogen-bond donors (Lipinski definition) is 3. The predicted octanol–water partition coefficient (Wildman–Crippen LogP) is 13.1. The molecule has 3 fully saturated rings. The minimum Gasteiger partial charge on any atom is -0.312 e. The van der Waals surface area contributed by atoms with Crippen LogP contribution in [0.2, 0.25) is 0 Å². The van der Waals surface area contributed by atoms with Crippen LogP contribution in [0, 0.1) is 34.0 Å². The van der Waals surface area contributed by atoms with Crippen molar-refractivity contribution in [2.24, 2.45) is 0 Å². The molecule has 0 bridgehead atoms. The molecule has 3 aliphatic carbocycles. The zero-order valence-corrected chi connectivity index (χ0v) is 52.4. The fraction of sp³-hybridized carbons (Fsp3) is 0.381. The molecule has 0 heterocycles. The maximum atomic E-state index is 17.8. The normalized spacial score (nSPS) is 15.1. The highest BCUT2D eigenvalue weighted by atomic mass is 32.2. The van der Waals surface area contributed by atoms with Crippen LogP contribution in [0.4, 0.5) is 34.1 Å². The molecule has 0 saturated heterocycles. The summed E-state index contributed by atoms with van der Waals surface area (Å²) in [6.45, 7) is 11.1. The molecule has 6 aromatic carbocycles. The van der Waals surface area contributed by atoms with Gasteiger partial charge in [-0.25, -0.2) is 44.0 Å². The number of hydrogen-bond acceptors (Lipinski definition) is 16. The third-order valence-corrected chi connectivity index (χ3v) is 22.4. The Kier molecular flexibility index (Phi) is 19.0. The van der Waals surface area contributed by atoms with Crippen LogP contribution in [-0.2, 0) is 48.2 Å². The summed E-state index contributed by atoms with van der Waals surface area (Å²) in [5.41, 5.74) is -1.44. The van der Waals surface area contributed by atoms with E-state index in [9.17, 15) is 41.0 Å². The van der Waals surface area contributed by atoms with Gasteiger partial charge in [0.15, 0.2) is 17.2 Å². The number of nitrogens with one attached hydrogen (secondary N) is 3. The first-order chi connectivity index (χ1) is 41.1. The number of phosphoric acid groups is 1. The SMILES string of the molecule is CCC(CC)(OP(=O)(OC(CC)(CC)N(c1ccc(C#N)cc1)c1ccc(S(=O)(=O)NC2CC2)cc1)OC(CC)(CC)N(c1ccc(C#N)cc1)c1ccc(S(=O)(=O)NC2CC2)cc1)N(c1ccc(C#N)cc1)c1ccc(S(=O)(=O)NC2CC2)cc1. The Morgan fingerprint density at radius 3 is 0.733 bits per heavy atom. The van der Waals surface area contributed by atoms with Crippen LogP contribution in [0.3, 0.4) is 0 Å². The molecule has 3 N–H and O–H groups in total. The number of benzene rings is 6. The van der Waals surface area contributed by atoms with Crippen LogP contribution < -0.4 is 28.9 Å². The number of anilines is 6. The molecule has 0 unspecified atom stereocenters. The lowest BCUT2D eigenvalue weighted by Gasteiger charge is -2.51. The molecule has 3 aliphatic rings. The molecule has 9 rings (SSSR count). The monoisotopic (exact) mass is 1240 g/mol. The number of rotatable bonds is 30. The highest BCUT2D eigenvalue weighted by molar-refractivity contribution is 7.90. The van der Waals surface area contributed by atoms with Gasteiger partial charge in [0.1, 0.15) is 0 Å². The summed E-state index contributed by atoms with van der Waals surface area (Å²) < 4.78 is 130. The van der Waals surface area contributed by atoms with E-state index in [1.54, 1.807) is 124 Å². The Bertz CT molecular complexity index is 3480. The first kappa shape index (κ1) is 63.5. The summed E-state index contributed by atoms with van der Waals surface area (Å²) in [7, 11) is -17.1. The molecule has 3 saturated carbocycles. The second-order valence-corrected chi connectivity index (χ2v) is 28.4.